The summed E-state index contributed by atoms with van der Waals surface area (Å²) in [5.74, 6) is 0.0697. The van der Waals surface area contributed by atoms with E-state index in [0.29, 0.717) is 19.8 Å². The van der Waals surface area contributed by atoms with Crippen molar-refractivity contribution in [3.05, 3.63) is 35.6 Å². The Hall–Kier alpha value is -0.970. The average molecular weight is 269 g/mol. The first-order valence-corrected chi connectivity index (χ1v) is 6.75. The highest BCUT2D eigenvalue weighted by Gasteiger charge is 2.14. The minimum atomic E-state index is -0.122. The molecule has 0 aliphatic rings. The molecule has 108 valence electrons. The van der Waals surface area contributed by atoms with Crippen molar-refractivity contribution in [1.29, 1.82) is 0 Å². The third-order valence-corrected chi connectivity index (χ3v) is 3.07. The highest BCUT2D eigenvalue weighted by Crippen LogP contribution is 2.23. The number of halogens is 1. The second-order valence-electron chi connectivity index (χ2n) is 4.52. The van der Waals surface area contributed by atoms with Gasteiger partial charge in [0.2, 0.25) is 0 Å². The quantitative estimate of drug-likeness (QED) is 0.662. The third-order valence-electron chi connectivity index (χ3n) is 3.07. The summed E-state index contributed by atoms with van der Waals surface area (Å²) in [5.41, 5.74) is 0.786. The van der Waals surface area contributed by atoms with Gasteiger partial charge in [0.1, 0.15) is 5.82 Å². The predicted octanol–water partition coefficient (Wildman–Crippen LogP) is 2.57. The van der Waals surface area contributed by atoms with Gasteiger partial charge in [0, 0.05) is 20.3 Å². The van der Waals surface area contributed by atoms with Crippen LogP contribution in [0, 0.1) is 5.82 Å². The third kappa shape index (κ3) is 6.14. The SMILES string of the molecule is CNCC(CCCOCCOC)c1ccccc1F. The number of nitrogens with one attached hydrogen (secondary N) is 1. The molecule has 1 aromatic rings. The number of rotatable bonds is 10. The Kier molecular flexibility index (Phi) is 8.38. The van der Waals surface area contributed by atoms with E-state index in [1.807, 2.05) is 19.2 Å². The van der Waals surface area contributed by atoms with Crippen LogP contribution < -0.4 is 5.32 Å². The van der Waals surface area contributed by atoms with Crippen molar-refractivity contribution >= 4 is 0 Å². The van der Waals surface area contributed by atoms with Crippen molar-refractivity contribution in [2.24, 2.45) is 0 Å². The van der Waals surface area contributed by atoms with Crippen LogP contribution in [0.1, 0.15) is 24.3 Å². The Balaban J connectivity index is 2.39. The van der Waals surface area contributed by atoms with Crippen LogP contribution in [-0.2, 0) is 9.47 Å². The van der Waals surface area contributed by atoms with Gasteiger partial charge in [-0.25, -0.2) is 4.39 Å². The highest BCUT2D eigenvalue weighted by molar-refractivity contribution is 5.22. The Morgan fingerprint density at radius 1 is 1.21 bits per heavy atom. The van der Waals surface area contributed by atoms with Crippen LogP contribution in [0.5, 0.6) is 0 Å². The summed E-state index contributed by atoms with van der Waals surface area (Å²) in [6, 6.07) is 7.00. The van der Waals surface area contributed by atoms with E-state index < -0.39 is 0 Å². The molecule has 0 bridgehead atoms. The molecule has 1 unspecified atom stereocenters. The fourth-order valence-electron chi connectivity index (χ4n) is 2.10. The van der Waals surface area contributed by atoms with Gasteiger partial charge < -0.3 is 14.8 Å². The first-order valence-electron chi connectivity index (χ1n) is 6.75. The van der Waals surface area contributed by atoms with Crippen LogP contribution in [0.25, 0.3) is 0 Å². The van der Waals surface area contributed by atoms with Crippen molar-refractivity contribution in [2.45, 2.75) is 18.8 Å². The van der Waals surface area contributed by atoms with Crippen LogP contribution in [0.4, 0.5) is 4.39 Å². The lowest BCUT2D eigenvalue weighted by Crippen LogP contribution is -2.19. The molecule has 0 fully saturated rings. The highest BCUT2D eigenvalue weighted by atomic mass is 19.1. The van der Waals surface area contributed by atoms with Crippen LogP contribution in [0.3, 0.4) is 0 Å². The fourth-order valence-corrected chi connectivity index (χ4v) is 2.10. The first-order chi connectivity index (χ1) is 9.29. The van der Waals surface area contributed by atoms with E-state index in [-0.39, 0.29) is 11.7 Å². The lowest BCUT2D eigenvalue weighted by molar-refractivity contribution is 0.0681. The van der Waals surface area contributed by atoms with Gasteiger partial charge in [0.25, 0.3) is 0 Å². The number of ether oxygens (including phenoxy) is 2. The van der Waals surface area contributed by atoms with Crippen molar-refractivity contribution in [2.75, 3.05) is 40.5 Å². The fraction of sp³-hybridized carbons (Fsp3) is 0.600. The predicted molar refractivity (Wildman–Crippen MR) is 75.0 cm³/mol. The molecule has 0 aliphatic heterocycles. The number of methoxy groups -OCH3 is 1. The lowest BCUT2D eigenvalue weighted by Gasteiger charge is -2.17. The largest absolute Gasteiger partial charge is 0.382 e. The summed E-state index contributed by atoms with van der Waals surface area (Å²) in [4.78, 5) is 0. The Labute approximate surface area is 115 Å². The topological polar surface area (TPSA) is 30.5 Å². The van der Waals surface area contributed by atoms with E-state index in [1.165, 1.54) is 6.07 Å². The van der Waals surface area contributed by atoms with Gasteiger partial charge in [-0.1, -0.05) is 18.2 Å². The van der Waals surface area contributed by atoms with Gasteiger partial charge in [-0.3, -0.25) is 0 Å². The van der Waals surface area contributed by atoms with Crippen LogP contribution in [-0.4, -0.2) is 40.5 Å². The summed E-state index contributed by atoms with van der Waals surface area (Å²) in [6.45, 7) is 2.71. The van der Waals surface area contributed by atoms with Gasteiger partial charge >= 0.3 is 0 Å². The smallest absolute Gasteiger partial charge is 0.126 e. The molecule has 0 heterocycles. The van der Waals surface area contributed by atoms with E-state index in [1.54, 1.807) is 13.2 Å². The maximum Gasteiger partial charge on any atom is 0.126 e. The van der Waals surface area contributed by atoms with Crippen molar-refractivity contribution in [3.63, 3.8) is 0 Å². The summed E-state index contributed by atoms with van der Waals surface area (Å²) in [5, 5.41) is 3.13. The lowest BCUT2D eigenvalue weighted by atomic mass is 9.94. The van der Waals surface area contributed by atoms with E-state index in [9.17, 15) is 4.39 Å². The molecule has 0 amide bonds. The monoisotopic (exact) mass is 269 g/mol. The number of likely N-dealkylation sites (N-methyl/N-ethyl adjacent to an activating group) is 1. The van der Waals surface area contributed by atoms with Crippen molar-refractivity contribution in [1.82, 2.24) is 5.32 Å². The zero-order valence-corrected chi connectivity index (χ0v) is 11.8. The molecule has 0 saturated carbocycles. The molecule has 3 nitrogen and oxygen atoms in total. The molecule has 19 heavy (non-hydrogen) atoms. The van der Waals surface area contributed by atoms with E-state index in [4.69, 9.17) is 9.47 Å². The molecule has 4 heteroatoms. The molecular formula is C15H24FNO2. The number of benzene rings is 1. The minimum Gasteiger partial charge on any atom is -0.382 e. The van der Waals surface area contributed by atoms with Gasteiger partial charge in [0.05, 0.1) is 13.2 Å². The maximum atomic E-state index is 13.8. The minimum absolute atomic E-state index is 0.122. The Morgan fingerprint density at radius 3 is 2.68 bits per heavy atom. The van der Waals surface area contributed by atoms with Gasteiger partial charge in [-0.2, -0.15) is 0 Å². The van der Waals surface area contributed by atoms with E-state index in [0.717, 1.165) is 24.9 Å². The molecule has 0 spiro atoms. The second-order valence-corrected chi connectivity index (χ2v) is 4.52. The molecule has 1 N–H and O–H groups in total. The summed E-state index contributed by atoms with van der Waals surface area (Å²) in [6.07, 6.45) is 1.83. The molecule has 0 aromatic heterocycles. The summed E-state index contributed by atoms with van der Waals surface area (Å²) >= 11 is 0. The Morgan fingerprint density at radius 2 is 2.00 bits per heavy atom. The molecule has 0 saturated heterocycles. The van der Waals surface area contributed by atoms with Crippen LogP contribution >= 0.6 is 0 Å². The van der Waals surface area contributed by atoms with E-state index >= 15 is 0 Å². The summed E-state index contributed by atoms with van der Waals surface area (Å²) < 4.78 is 24.1. The van der Waals surface area contributed by atoms with Gasteiger partial charge in [0.15, 0.2) is 0 Å². The molecule has 1 atom stereocenters. The molecule has 0 aliphatic carbocycles. The zero-order valence-electron chi connectivity index (χ0n) is 11.8. The Bertz CT molecular complexity index is 347. The molecule has 1 rings (SSSR count). The maximum absolute atomic E-state index is 13.8. The van der Waals surface area contributed by atoms with Crippen LogP contribution in [0.15, 0.2) is 24.3 Å². The average Bonchev–Trinajstić information content (AvgIpc) is 2.42. The van der Waals surface area contributed by atoms with Crippen molar-refractivity contribution in [3.8, 4) is 0 Å². The first kappa shape index (κ1) is 16.1. The van der Waals surface area contributed by atoms with Gasteiger partial charge in [-0.05, 0) is 37.4 Å². The standard InChI is InChI=1S/C15H24FNO2/c1-17-12-13(6-5-9-19-11-10-18-2)14-7-3-4-8-15(14)16/h3-4,7-8,13,17H,5-6,9-12H2,1-2H3. The van der Waals surface area contributed by atoms with Crippen molar-refractivity contribution < 1.29 is 13.9 Å². The van der Waals surface area contributed by atoms with E-state index in [2.05, 4.69) is 5.32 Å². The van der Waals surface area contributed by atoms with Crippen LogP contribution in [0.2, 0.25) is 0 Å². The zero-order chi connectivity index (χ0) is 13.9. The summed E-state index contributed by atoms with van der Waals surface area (Å²) in [7, 11) is 3.55. The number of hydrogen-bond donors (Lipinski definition) is 1. The molecule has 0 radical (unpaired) electrons. The normalized spacial score (nSPS) is 12.6. The second kappa shape index (κ2) is 9.89. The molecule has 1 aromatic carbocycles. The van der Waals surface area contributed by atoms with Gasteiger partial charge in [-0.15, -0.1) is 0 Å². The number of hydrogen-bond acceptors (Lipinski definition) is 3. The molecular weight excluding hydrogens is 245 g/mol.